The maximum atomic E-state index is 10.5. The maximum Gasteiger partial charge on any atom is 0.269 e. The van der Waals surface area contributed by atoms with E-state index in [4.69, 9.17) is 0 Å². The van der Waals surface area contributed by atoms with E-state index in [2.05, 4.69) is 6.92 Å². The van der Waals surface area contributed by atoms with Gasteiger partial charge >= 0.3 is 0 Å². The molecule has 4 heteroatoms. The zero-order valence-corrected chi connectivity index (χ0v) is 11.7. The van der Waals surface area contributed by atoms with Gasteiger partial charge in [0.15, 0.2) is 0 Å². The van der Waals surface area contributed by atoms with Crippen molar-refractivity contribution in [1.29, 1.82) is 0 Å². The average Bonchev–Trinajstić information content (AvgIpc) is 2.38. The summed E-state index contributed by atoms with van der Waals surface area (Å²) >= 11 is 1.98. The first-order chi connectivity index (χ1) is 8.74. The molecule has 0 N–H and O–H groups in total. The molecule has 1 aromatic carbocycles. The average molecular weight is 267 g/mol. The number of nitro benzene ring substituents is 1. The van der Waals surface area contributed by atoms with E-state index in [1.54, 1.807) is 12.1 Å². The highest BCUT2D eigenvalue weighted by molar-refractivity contribution is 7.99. The topological polar surface area (TPSA) is 43.1 Å². The van der Waals surface area contributed by atoms with Crippen molar-refractivity contribution in [3.05, 3.63) is 39.9 Å². The van der Waals surface area contributed by atoms with Crippen LogP contribution in [0.1, 0.15) is 38.2 Å². The quantitative estimate of drug-likeness (QED) is 0.377. The molecule has 0 aromatic heterocycles. The highest BCUT2D eigenvalue weighted by Crippen LogP contribution is 2.14. The molecule has 0 aliphatic carbocycles. The van der Waals surface area contributed by atoms with Gasteiger partial charge in [-0.2, -0.15) is 11.8 Å². The first-order valence-corrected chi connectivity index (χ1v) is 7.70. The third-order valence-corrected chi connectivity index (χ3v) is 3.89. The fourth-order valence-electron chi connectivity index (χ4n) is 1.71. The second-order valence-electron chi connectivity index (χ2n) is 4.35. The van der Waals surface area contributed by atoms with Crippen LogP contribution in [-0.2, 0) is 6.42 Å². The van der Waals surface area contributed by atoms with Gasteiger partial charge < -0.3 is 0 Å². The van der Waals surface area contributed by atoms with Gasteiger partial charge in [0, 0.05) is 12.1 Å². The summed E-state index contributed by atoms with van der Waals surface area (Å²) in [4.78, 5) is 10.1. The summed E-state index contributed by atoms with van der Waals surface area (Å²) < 4.78 is 0. The molecule has 0 aliphatic heterocycles. The molecule has 3 nitrogen and oxygen atoms in total. The monoisotopic (exact) mass is 267 g/mol. The van der Waals surface area contributed by atoms with Gasteiger partial charge in [-0.15, -0.1) is 0 Å². The molecule has 0 amide bonds. The van der Waals surface area contributed by atoms with Gasteiger partial charge in [-0.05, 0) is 29.9 Å². The van der Waals surface area contributed by atoms with Crippen molar-refractivity contribution in [2.24, 2.45) is 0 Å². The number of benzene rings is 1. The summed E-state index contributed by atoms with van der Waals surface area (Å²) in [6.45, 7) is 2.22. The molecule has 0 aliphatic rings. The van der Waals surface area contributed by atoms with Crippen LogP contribution in [-0.4, -0.2) is 16.4 Å². The molecule has 0 spiro atoms. The molecule has 0 atom stereocenters. The Morgan fingerprint density at radius 3 is 2.44 bits per heavy atom. The summed E-state index contributed by atoms with van der Waals surface area (Å²) in [6.07, 6.45) is 6.26. The number of hydrogen-bond acceptors (Lipinski definition) is 3. The van der Waals surface area contributed by atoms with E-state index in [0.717, 1.165) is 12.2 Å². The fourth-order valence-corrected chi connectivity index (χ4v) is 2.70. The largest absolute Gasteiger partial charge is 0.269 e. The summed E-state index contributed by atoms with van der Waals surface area (Å²) in [5, 5.41) is 10.5. The zero-order chi connectivity index (χ0) is 13.2. The van der Waals surface area contributed by atoms with Crippen LogP contribution in [0.15, 0.2) is 24.3 Å². The van der Waals surface area contributed by atoms with Gasteiger partial charge in [0.2, 0.25) is 0 Å². The molecule has 0 unspecified atom stereocenters. The molecule has 0 bridgehead atoms. The Labute approximate surface area is 113 Å². The predicted octanol–water partition coefficient (Wildman–Crippen LogP) is 4.45. The van der Waals surface area contributed by atoms with Gasteiger partial charge in [-0.25, -0.2) is 0 Å². The lowest BCUT2D eigenvalue weighted by Crippen LogP contribution is -1.92. The lowest BCUT2D eigenvalue weighted by atomic mass is 10.1. The highest BCUT2D eigenvalue weighted by Gasteiger charge is 2.03. The highest BCUT2D eigenvalue weighted by atomic mass is 32.2. The third-order valence-electron chi connectivity index (χ3n) is 2.82. The smallest absolute Gasteiger partial charge is 0.258 e. The van der Waals surface area contributed by atoms with Crippen LogP contribution in [0.5, 0.6) is 0 Å². The molecule has 0 saturated heterocycles. The first kappa shape index (κ1) is 15.0. The van der Waals surface area contributed by atoms with E-state index < -0.39 is 0 Å². The van der Waals surface area contributed by atoms with Crippen molar-refractivity contribution >= 4 is 17.4 Å². The van der Waals surface area contributed by atoms with E-state index in [1.165, 1.54) is 37.0 Å². The molecule has 0 radical (unpaired) electrons. The Morgan fingerprint density at radius 2 is 1.83 bits per heavy atom. The minimum absolute atomic E-state index is 0.172. The van der Waals surface area contributed by atoms with Crippen LogP contribution in [0.4, 0.5) is 5.69 Å². The van der Waals surface area contributed by atoms with E-state index in [-0.39, 0.29) is 10.6 Å². The minimum Gasteiger partial charge on any atom is -0.258 e. The van der Waals surface area contributed by atoms with E-state index in [1.807, 2.05) is 23.9 Å². The summed E-state index contributed by atoms with van der Waals surface area (Å²) in [5.74, 6) is 2.33. The first-order valence-electron chi connectivity index (χ1n) is 6.55. The van der Waals surface area contributed by atoms with Crippen molar-refractivity contribution < 1.29 is 4.92 Å². The van der Waals surface area contributed by atoms with Crippen molar-refractivity contribution in [2.75, 3.05) is 11.5 Å². The lowest BCUT2D eigenvalue weighted by molar-refractivity contribution is -0.384. The second-order valence-corrected chi connectivity index (χ2v) is 5.57. The molecular formula is C14H21NO2S. The number of hydrogen-bond donors (Lipinski definition) is 0. The number of non-ortho nitro benzene ring substituents is 1. The molecule has 1 aromatic rings. The Morgan fingerprint density at radius 1 is 1.11 bits per heavy atom. The van der Waals surface area contributed by atoms with Crippen molar-refractivity contribution in [3.63, 3.8) is 0 Å². The maximum absolute atomic E-state index is 10.5. The van der Waals surface area contributed by atoms with Crippen molar-refractivity contribution in [2.45, 2.75) is 39.0 Å². The van der Waals surface area contributed by atoms with E-state index >= 15 is 0 Å². The van der Waals surface area contributed by atoms with Gasteiger partial charge in [0.05, 0.1) is 4.92 Å². The Bertz CT molecular complexity index is 351. The number of nitrogens with zero attached hydrogens (tertiary/aromatic N) is 1. The summed E-state index contributed by atoms with van der Waals surface area (Å²) in [6, 6.07) is 6.88. The van der Waals surface area contributed by atoms with Gasteiger partial charge in [-0.3, -0.25) is 10.1 Å². The zero-order valence-electron chi connectivity index (χ0n) is 10.9. The molecule has 100 valence electrons. The van der Waals surface area contributed by atoms with E-state index in [0.29, 0.717) is 0 Å². The third kappa shape index (κ3) is 6.05. The Kier molecular flexibility index (Phi) is 7.49. The number of aryl methyl sites for hydroxylation is 1. The summed E-state index contributed by atoms with van der Waals surface area (Å²) in [5.41, 5.74) is 1.35. The second kappa shape index (κ2) is 8.97. The molecule has 0 saturated carbocycles. The van der Waals surface area contributed by atoms with Gasteiger partial charge in [0.1, 0.15) is 0 Å². The minimum atomic E-state index is -0.355. The predicted molar refractivity (Wildman–Crippen MR) is 78.3 cm³/mol. The number of unbranched alkanes of at least 4 members (excludes halogenated alkanes) is 3. The van der Waals surface area contributed by atoms with Gasteiger partial charge in [0.25, 0.3) is 5.69 Å². The number of thioether (sulfide) groups is 1. The van der Waals surface area contributed by atoms with Gasteiger partial charge in [-0.1, -0.05) is 38.3 Å². The van der Waals surface area contributed by atoms with Crippen LogP contribution >= 0.6 is 11.8 Å². The summed E-state index contributed by atoms with van der Waals surface area (Å²) in [7, 11) is 0. The standard InChI is InChI=1S/C14H21NO2S/c1-2-3-4-5-11-18-12-10-13-6-8-14(9-7-13)15(16)17/h6-9H,2-5,10-12H2,1H3. The molecular weight excluding hydrogens is 246 g/mol. The Balaban J connectivity index is 2.14. The molecule has 0 heterocycles. The number of nitro groups is 1. The number of rotatable bonds is 9. The SMILES string of the molecule is CCCCCCSCCc1ccc([N+](=O)[O-])cc1. The molecule has 18 heavy (non-hydrogen) atoms. The fraction of sp³-hybridized carbons (Fsp3) is 0.571. The normalized spacial score (nSPS) is 10.5. The molecule has 1 rings (SSSR count). The van der Waals surface area contributed by atoms with Crippen LogP contribution in [0.3, 0.4) is 0 Å². The van der Waals surface area contributed by atoms with Crippen molar-refractivity contribution in [3.8, 4) is 0 Å². The van der Waals surface area contributed by atoms with Crippen LogP contribution < -0.4 is 0 Å². The van der Waals surface area contributed by atoms with Crippen LogP contribution in [0, 0.1) is 10.1 Å². The van der Waals surface area contributed by atoms with Crippen LogP contribution in [0.25, 0.3) is 0 Å². The van der Waals surface area contributed by atoms with E-state index in [9.17, 15) is 10.1 Å². The Hall–Kier alpha value is -1.03. The van der Waals surface area contributed by atoms with Crippen LogP contribution in [0.2, 0.25) is 0 Å². The molecule has 0 fully saturated rings. The van der Waals surface area contributed by atoms with Crippen molar-refractivity contribution in [1.82, 2.24) is 0 Å². The lowest BCUT2D eigenvalue weighted by Gasteiger charge is -2.02.